The third-order valence-electron chi connectivity index (χ3n) is 3.19. The van der Waals surface area contributed by atoms with Crippen LogP contribution in [0.3, 0.4) is 0 Å². The Labute approximate surface area is 88.3 Å². The summed E-state index contributed by atoms with van der Waals surface area (Å²) < 4.78 is 26.3. The molecule has 15 heavy (non-hydrogen) atoms. The Balaban J connectivity index is 2.09. The van der Waals surface area contributed by atoms with Crippen LogP contribution in [0.4, 0.5) is 8.78 Å². The molecule has 0 spiro atoms. The molecule has 2 N–H and O–H groups in total. The molecule has 0 bridgehead atoms. The lowest BCUT2D eigenvalue weighted by atomic mass is 9.80. The van der Waals surface area contributed by atoms with E-state index in [1.165, 1.54) is 25.3 Å². The summed E-state index contributed by atoms with van der Waals surface area (Å²) in [7, 11) is 0. The Bertz CT molecular complexity index is 347. The first-order valence-corrected chi connectivity index (χ1v) is 5.38. The van der Waals surface area contributed by atoms with Crippen LogP contribution in [0, 0.1) is 17.6 Å². The second-order valence-electron chi connectivity index (χ2n) is 4.28. The van der Waals surface area contributed by atoms with Gasteiger partial charge in [0.2, 0.25) is 0 Å². The van der Waals surface area contributed by atoms with Crippen molar-refractivity contribution in [3.8, 4) is 0 Å². The van der Waals surface area contributed by atoms with Gasteiger partial charge >= 0.3 is 0 Å². The largest absolute Gasteiger partial charge is 0.324 e. The van der Waals surface area contributed by atoms with E-state index in [-0.39, 0.29) is 6.04 Å². The predicted octanol–water partition coefficient (Wildman–Crippen LogP) is 3.15. The molecule has 82 valence electrons. The number of hydrogen-bond donors (Lipinski definition) is 1. The van der Waals surface area contributed by atoms with Crippen molar-refractivity contribution >= 4 is 0 Å². The fraction of sp³-hybridized carbons (Fsp3) is 0.500. The molecule has 1 aromatic rings. The van der Waals surface area contributed by atoms with Crippen molar-refractivity contribution in [2.45, 2.75) is 31.7 Å². The summed E-state index contributed by atoms with van der Waals surface area (Å²) in [5.41, 5.74) is 6.18. The van der Waals surface area contributed by atoms with Gasteiger partial charge in [0.1, 0.15) is 0 Å². The Kier molecular flexibility index (Phi) is 3.00. The maximum Gasteiger partial charge on any atom is 0.163 e. The van der Waals surface area contributed by atoms with Crippen molar-refractivity contribution in [1.29, 1.82) is 0 Å². The average Bonchev–Trinajstić information content (AvgIpc) is 2.15. The molecule has 1 fully saturated rings. The molecule has 1 atom stereocenters. The zero-order chi connectivity index (χ0) is 10.8. The van der Waals surface area contributed by atoms with Crippen LogP contribution < -0.4 is 5.73 Å². The second-order valence-corrected chi connectivity index (χ2v) is 4.28. The van der Waals surface area contributed by atoms with E-state index < -0.39 is 11.6 Å². The van der Waals surface area contributed by atoms with Crippen molar-refractivity contribution in [2.75, 3.05) is 0 Å². The number of halogens is 2. The van der Waals surface area contributed by atoms with Gasteiger partial charge in [-0.2, -0.15) is 0 Å². The van der Waals surface area contributed by atoms with Crippen LogP contribution in [0.15, 0.2) is 18.2 Å². The van der Waals surface area contributed by atoms with E-state index in [0.717, 1.165) is 12.5 Å². The highest BCUT2D eigenvalue weighted by Gasteiger charge is 2.23. The van der Waals surface area contributed by atoms with E-state index >= 15 is 0 Å². The van der Waals surface area contributed by atoms with E-state index in [1.54, 1.807) is 6.07 Å². The fourth-order valence-corrected chi connectivity index (χ4v) is 2.02. The Morgan fingerprint density at radius 2 is 2.07 bits per heavy atom. The maximum atomic E-state index is 13.4. The summed E-state index contributed by atoms with van der Waals surface area (Å²) in [4.78, 5) is 0. The van der Waals surface area contributed by atoms with Crippen LogP contribution in [-0.4, -0.2) is 0 Å². The molecule has 0 radical (unpaired) electrons. The van der Waals surface area contributed by atoms with E-state index in [1.807, 2.05) is 0 Å². The van der Waals surface area contributed by atoms with Crippen LogP contribution in [0.1, 0.15) is 37.3 Å². The van der Waals surface area contributed by atoms with Gasteiger partial charge in [0, 0.05) is 11.6 Å². The summed E-state index contributed by atoms with van der Waals surface area (Å²) in [5.74, 6) is -0.997. The highest BCUT2D eigenvalue weighted by molar-refractivity contribution is 5.22. The standard InChI is InChI=1S/C12H15F2N/c13-10-6-2-5-9(12(10)14)11(15)7-8-3-1-4-8/h2,5-6,8,11H,1,3-4,7,15H2. The van der Waals surface area contributed by atoms with Crippen molar-refractivity contribution in [2.24, 2.45) is 11.7 Å². The molecule has 0 saturated heterocycles. The molecule has 0 amide bonds. The Morgan fingerprint density at radius 1 is 1.33 bits per heavy atom. The van der Waals surface area contributed by atoms with Crippen molar-refractivity contribution in [3.05, 3.63) is 35.4 Å². The Hall–Kier alpha value is -0.960. The van der Waals surface area contributed by atoms with E-state index in [2.05, 4.69) is 0 Å². The number of nitrogens with two attached hydrogens (primary N) is 1. The third-order valence-corrected chi connectivity index (χ3v) is 3.19. The van der Waals surface area contributed by atoms with Crippen LogP contribution >= 0.6 is 0 Å². The molecule has 1 aliphatic carbocycles. The van der Waals surface area contributed by atoms with Crippen molar-refractivity contribution < 1.29 is 8.78 Å². The SMILES string of the molecule is NC(CC1CCC1)c1cccc(F)c1F. The monoisotopic (exact) mass is 211 g/mol. The molecular formula is C12H15F2N. The summed E-state index contributed by atoms with van der Waals surface area (Å²) in [6.45, 7) is 0. The molecule has 1 nitrogen and oxygen atoms in total. The fourth-order valence-electron chi connectivity index (χ4n) is 2.02. The quantitative estimate of drug-likeness (QED) is 0.816. The van der Waals surface area contributed by atoms with E-state index in [0.29, 0.717) is 11.5 Å². The van der Waals surface area contributed by atoms with Crippen LogP contribution in [0.25, 0.3) is 0 Å². The zero-order valence-electron chi connectivity index (χ0n) is 8.55. The normalized spacial score (nSPS) is 18.6. The van der Waals surface area contributed by atoms with Gasteiger partial charge in [0.25, 0.3) is 0 Å². The van der Waals surface area contributed by atoms with Gasteiger partial charge in [-0.1, -0.05) is 31.4 Å². The highest BCUT2D eigenvalue weighted by Crippen LogP contribution is 2.34. The predicted molar refractivity (Wildman–Crippen MR) is 55.2 cm³/mol. The van der Waals surface area contributed by atoms with Gasteiger partial charge in [-0.05, 0) is 18.4 Å². The Morgan fingerprint density at radius 3 is 2.67 bits per heavy atom. The minimum atomic E-state index is -0.809. The summed E-state index contributed by atoms with van der Waals surface area (Å²) in [6, 6.07) is 3.83. The summed E-state index contributed by atoms with van der Waals surface area (Å²) in [5, 5.41) is 0. The first-order chi connectivity index (χ1) is 7.18. The van der Waals surface area contributed by atoms with Crippen LogP contribution in [0.2, 0.25) is 0 Å². The second kappa shape index (κ2) is 4.27. The first-order valence-electron chi connectivity index (χ1n) is 5.38. The van der Waals surface area contributed by atoms with Crippen molar-refractivity contribution in [3.63, 3.8) is 0 Å². The van der Waals surface area contributed by atoms with Gasteiger partial charge in [0.15, 0.2) is 11.6 Å². The van der Waals surface area contributed by atoms with Gasteiger partial charge in [-0.3, -0.25) is 0 Å². The lowest BCUT2D eigenvalue weighted by Gasteiger charge is -2.28. The van der Waals surface area contributed by atoms with Gasteiger partial charge in [0.05, 0.1) is 0 Å². The van der Waals surface area contributed by atoms with Gasteiger partial charge in [-0.15, -0.1) is 0 Å². The molecule has 0 heterocycles. The van der Waals surface area contributed by atoms with Crippen molar-refractivity contribution in [1.82, 2.24) is 0 Å². The smallest absolute Gasteiger partial charge is 0.163 e. The molecule has 0 aromatic heterocycles. The zero-order valence-corrected chi connectivity index (χ0v) is 8.55. The molecule has 1 unspecified atom stereocenters. The maximum absolute atomic E-state index is 13.4. The van der Waals surface area contributed by atoms with Gasteiger partial charge < -0.3 is 5.73 Å². The first kappa shape index (κ1) is 10.6. The molecule has 3 heteroatoms. The minimum absolute atomic E-state index is 0.307. The number of rotatable bonds is 3. The lowest BCUT2D eigenvalue weighted by Crippen LogP contribution is -2.21. The third kappa shape index (κ3) is 2.17. The molecular weight excluding hydrogens is 196 g/mol. The molecule has 0 aliphatic heterocycles. The summed E-state index contributed by atoms with van der Waals surface area (Å²) in [6.07, 6.45) is 4.35. The average molecular weight is 211 g/mol. The summed E-state index contributed by atoms with van der Waals surface area (Å²) >= 11 is 0. The van der Waals surface area contributed by atoms with Gasteiger partial charge in [-0.25, -0.2) is 8.78 Å². The van der Waals surface area contributed by atoms with Crippen LogP contribution in [0.5, 0.6) is 0 Å². The number of benzene rings is 1. The van der Waals surface area contributed by atoms with E-state index in [4.69, 9.17) is 5.73 Å². The number of hydrogen-bond acceptors (Lipinski definition) is 1. The molecule has 2 rings (SSSR count). The van der Waals surface area contributed by atoms with Crippen LogP contribution in [-0.2, 0) is 0 Å². The highest BCUT2D eigenvalue weighted by atomic mass is 19.2. The minimum Gasteiger partial charge on any atom is -0.324 e. The van der Waals surface area contributed by atoms with E-state index in [9.17, 15) is 8.78 Å². The lowest BCUT2D eigenvalue weighted by molar-refractivity contribution is 0.275. The molecule has 1 aliphatic rings. The topological polar surface area (TPSA) is 26.0 Å². The molecule has 1 saturated carbocycles. The molecule has 1 aromatic carbocycles.